The van der Waals surface area contributed by atoms with E-state index in [1.807, 2.05) is 5.38 Å². The van der Waals surface area contributed by atoms with E-state index in [-0.39, 0.29) is 5.56 Å². The van der Waals surface area contributed by atoms with E-state index in [0.717, 1.165) is 15.4 Å². The zero-order chi connectivity index (χ0) is 11.7. The van der Waals surface area contributed by atoms with Gasteiger partial charge in [0.05, 0.1) is 6.04 Å². The maximum Gasteiger partial charge on any atom is 0.163 e. The first-order chi connectivity index (χ1) is 7.59. The molecular weight excluding hydrogens is 296 g/mol. The lowest BCUT2D eigenvalue weighted by molar-refractivity contribution is 0.495. The van der Waals surface area contributed by atoms with E-state index in [1.165, 1.54) is 23.5 Å². The monoisotopic (exact) mass is 303 g/mol. The molecule has 0 bridgehead atoms. The minimum Gasteiger partial charge on any atom is -0.320 e. The molecule has 0 aliphatic carbocycles. The largest absolute Gasteiger partial charge is 0.320 e. The summed E-state index contributed by atoms with van der Waals surface area (Å²) in [4.78, 5) is 0.788. The van der Waals surface area contributed by atoms with Crippen LogP contribution in [0.4, 0.5) is 8.78 Å². The van der Waals surface area contributed by atoms with Gasteiger partial charge in [0.1, 0.15) is 0 Å². The van der Waals surface area contributed by atoms with Crippen molar-refractivity contribution in [3.63, 3.8) is 0 Å². The molecule has 1 aromatic carbocycles. The Morgan fingerprint density at radius 2 is 2.06 bits per heavy atom. The Morgan fingerprint density at radius 3 is 2.69 bits per heavy atom. The highest BCUT2D eigenvalue weighted by Gasteiger charge is 2.17. The molecule has 0 radical (unpaired) electrons. The second kappa shape index (κ2) is 4.61. The number of halogens is 3. The van der Waals surface area contributed by atoms with E-state index in [1.54, 1.807) is 6.07 Å². The van der Waals surface area contributed by atoms with Gasteiger partial charge in [0, 0.05) is 20.3 Å². The molecule has 1 aromatic heterocycles. The molecule has 84 valence electrons. The molecule has 0 aliphatic rings. The van der Waals surface area contributed by atoms with Gasteiger partial charge in [-0.3, -0.25) is 0 Å². The van der Waals surface area contributed by atoms with Crippen molar-refractivity contribution >= 4 is 27.3 Å². The number of rotatable bonds is 2. The molecule has 1 atom stereocenters. The van der Waals surface area contributed by atoms with E-state index in [2.05, 4.69) is 15.9 Å². The minimum atomic E-state index is -0.875. The van der Waals surface area contributed by atoms with Crippen LogP contribution in [0.25, 0.3) is 0 Å². The van der Waals surface area contributed by atoms with E-state index in [0.29, 0.717) is 0 Å². The fraction of sp³-hybridized carbons (Fsp3) is 0.0909. The summed E-state index contributed by atoms with van der Waals surface area (Å²) in [5.41, 5.74) is 6.06. The number of benzene rings is 1. The maximum atomic E-state index is 13.5. The molecule has 0 saturated heterocycles. The van der Waals surface area contributed by atoms with E-state index < -0.39 is 17.7 Å². The summed E-state index contributed by atoms with van der Waals surface area (Å²) >= 11 is 4.70. The standard InChI is InChI=1S/C11H8BrF2NS/c12-6-4-9(16-5-6)11(15)7-2-1-3-8(13)10(7)14/h1-5,11H,15H2. The van der Waals surface area contributed by atoms with Crippen molar-refractivity contribution < 1.29 is 8.78 Å². The third-order valence-electron chi connectivity index (χ3n) is 2.21. The number of thiophene rings is 1. The van der Waals surface area contributed by atoms with Crippen molar-refractivity contribution in [1.29, 1.82) is 0 Å². The van der Waals surface area contributed by atoms with Crippen LogP contribution in [-0.2, 0) is 0 Å². The summed E-state index contributed by atoms with van der Waals surface area (Å²) < 4.78 is 27.4. The molecule has 1 nitrogen and oxygen atoms in total. The molecule has 2 rings (SSSR count). The molecule has 0 amide bonds. The average molecular weight is 304 g/mol. The highest BCUT2D eigenvalue weighted by atomic mass is 79.9. The van der Waals surface area contributed by atoms with Gasteiger partial charge in [0.2, 0.25) is 0 Å². The van der Waals surface area contributed by atoms with Gasteiger partial charge in [0.25, 0.3) is 0 Å². The molecule has 16 heavy (non-hydrogen) atoms. The third-order valence-corrected chi connectivity index (χ3v) is 3.99. The van der Waals surface area contributed by atoms with E-state index in [4.69, 9.17) is 5.73 Å². The third kappa shape index (κ3) is 2.16. The summed E-state index contributed by atoms with van der Waals surface area (Å²) in [5, 5.41) is 1.85. The van der Waals surface area contributed by atoms with Gasteiger partial charge in [-0.15, -0.1) is 11.3 Å². The van der Waals surface area contributed by atoms with Crippen molar-refractivity contribution in [2.75, 3.05) is 0 Å². The molecule has 0 saturated carbocycles. The summed E-state index contributed by atoms with van der Waals surface area (Å²) in [5.74, 6) is -1.75. The number of nitrogens with two attached hydrogens (primary N) is 1. The van der Waals surface area contributed by atoms with Crippen LogP contribution in [0.5, 0.6) is 0 Å². The van der Waals surface area contributed by atoms with Gasteiger partial charge >= 0.3 is 0 Å². The molecule has 0 fully saturated rings. The van der Waals surface area contributed by atoms with Gasteiger partial charge in [0.15, 0.2) is 11.6 Å². The van der Waals surface area contributed by atoms with Crippen molar-refractivity contribution in [2.24, 2.45) is 5.73 Å². The summed E-state index contributed by atoms with van der Waals surface area (Å²) in [7, 11) is 0. The fourth-order valence-electron chi connectivity index (χ4n) is 1.41. The van der Waals surface area contributed by atoms with Crippen molar-refractivity contribution in [3.05, 3.63) is 56.2 Å². The first kappa shape index (κ1) is 11.7. The molecular formula is C11H8BrF2NS. The Morgan fingerprint density at radius 1 is 1.31 bits per heavy atom. The number of hydrogen-bond donors (Lipinski definition) is 1. The Kier molecular flexibility index (Phi) is 3.37. The van der Waals surface area contributed by atoms with Crippen LogP contribution in [-0.4, -0.2) is 0 Å². The zero-order valence-corrected chi connectivity index (χ0v) is 10.5. The van der Waals surface area contributed by atoms with Crippen LogP contribution >= 0.6 is 27.3 Å². The summed E-state index contributed by atoms with van der Waals surface area (Å²) in [6, 6.07) is 5.20. The van der Waals surface area contributed by atoms with Crippen LogP contribution < -0.4 is 5.73 Å². The zero-order valence-electron chi connectivity index (χ0n) is 8.08. The van der Waals surface area contributed by atoms with Gasteiger partial charge < -0.3 is 5.73 Å². The molecule has 1 unspecified atom stereocenters. The average Bonchev–Trinajstić information content (AvgIpc) is 2.68. The highest BCUT2D eigenvalue weighted by molar-refractivity contribution is 9.10. The Bertz CT molecular complexity index is 512. The van der Waals surface area contributed by atoms with E-state index in [9.17, 15) is 8.78 Å². The van der Waals surface area contributed by atoms with Crippen molar-refractivity contribution in [2.45, 2.75) is 6.04 Å². The normalized spacial score (nSPS) is 12.8. The SMILES string of the molecule is NC(c1cc(Br)cs1)c1cccc(F)c1F. The van der Waals surface area contributed by atoms with Gasteiger partial charge in [-0.25, -0.2) is 8.78 Å². The van der Waals surface area contributed by atoms with Gasteiger partial charge in [-0.2, -0.15) is 0 Å². The second-order valence-corrected chi connectivity index (χ2v) is 5.15. The summed E-state index contributed by atoms with van der Waals surface area (Å²) in [6.45, 7) is 0. The molecule has 1 heterocycles. The van der Waals surface area contributed by atoms with Crippen LogP contribution in [0.1, 0.15) is 16.5 Å². The second-order valence-electron chi connectivity index (χ2n) is 3.29. The molecule has 0 spiro atoms. The smallest absolute Gasteiger partial charge is 0.163 e. The fourth-order valence-corrected chi connectivity index (χ4v) is 2.87. The lowest BCUT2D eigenvalue weighted by Crippen LogP contribution is -2.12. The molecule has 2 N–H and O–H groups in total. The predicted octanol–water partition coefficient (Wildman–Crippen LogP) is 3.84. The first-order valence-electron chi connectivity index (χ1n) is 4.53. The van der Waals surface area contributed by atoms with E-state index >= 15 is 0 Å². The molecule has 0 aliphatic heterocycles. The van der Waals surface area contributed by atoms with Gasteiger partial charge in [-0.05, 0) is 28.1 Å². The first-order valence-corrected chi connectivity index (χ1v) is 6.20. The van der Waals surface area contributed by atoms with Crippen molar-refractivity contribution in [3.8, 4) is 0 Å². The van der Waals surface area contributed by atoms with Crippen LogP contribution in [0.3, 0.4) is 0 Å². The Balaban J connectivity index is 2.41. The van der Waals surface area contributed by atoms with Gasteiger partial charge in [-0.1, -0.05) is 12.1 Å². The van der Waals surface area contributed by atoms with Crippen LogP contribution in [0.15, 0.2) is 34.1 Å². The predicted molar refractivity (Wildman–Crippen MR) is 64.4 cm³/mol. The van der Waals surface area contributed by atoms with Crippen LogP contribution in [0, 0.1) is 11.6 Å². The Labute approximate surface area is 104 Å². The molecule has 5 heteroatoms. The summed E-state index contributed by atoms with van der Waals surface area (Å²) in [6.07, 6.45) is 0. The number of hydrogen-bond acceptors (Lipinski definition) is 2. The molecule has 2 aromatic rings. The lowest BCUT2D eigenvalue weighted by Gasteiger charge is -2.11. The van der Waals surface area contributed by atoms with Crippen LogP contribution in [0.2, 0.25) is 0 Å². The van der Waals surface area contributed by atoms with Crippen molar-refractivity contribution in [1.82, 2.24) is 0 Å². The highest BCUT2D eigenvalue weighted by Crippen LogP contribution is 2.30. The minimum absolute atomic E-state index is 0.175. The maximum absolute atomic E-state index is 13.5. The lowest BCUT2D eigenvalue weighted by atomic mass is 10.1. The quantitative estimate of drug-likeness (QED) is 0.896. The Hall–Kier alpha value is -0.780. The topological polar surface area (TPSA) is 26.0 Å².